The van der Waals surface area contributed by atoms with Gasteiger partial charge in [-0.15, -0.1) is 0 Å². The number of halogens is 2. The fraction of sp³-hybridized carbons (Fsp3) is 0.333. The van der Waals surface area contributed by atoms with Crippen molar-refractivity contribution in [3.63, 3.8) is 0 Å². The van der Waals surface area contributed by atoms with Gasteiger partial charge in [-0.1, -0.05) is 29.8 Å². The van der Waals surface area contributed by atoms with Crippen molar-refractivity contribution in [2.75, 3.05) is 13.7 Å². The van der Waals surface area contributed by atoms with Gasteiger partial charge in [0.1, 0.15) is 5.82 Å². The molecule has 0 radical (unpaired) electrons. The van der Waals surface area contributed by atoms with Gasteiger partial charge in [-0.3, -0.25) is 4.79 Å². The van der Waals surface area contributed by atoms with Crippen LogP contribution < -0.4 is 15.0 Å². The summed E-state index contributed by atoms with van der Waals surface area (Å²) in [4.78, 5) is 29.7. The standard InChI is InChI=1S/C24H25BrIN3O5/c1-13(2)23-28-19-7-6-16(25)10-17(19)24(31)29(23)27-11-15-8-18(26)22(20(9-15)32-5)33-12-21(30)34-14(3)4/h6-11,13-14H,12H2,1-5H3. The molecule has 180 valence electrons. The van der Waals surface area contributed by atoms with Crippen molar-refractivity contribution in [1.29, 1.82) is 0 Å². The van der Waals surface area contributed by atoms with E-state index in [0.29, 0.717) is 37.4 Å². The molecule has 0 amide bonds. The van der Waals surface area contributed by atoms with Crippen LogP contribution in [0.15, 0.2) is 44.7 Å². The van der Waals surface area contributed by atoms with Gasteiger partial charge in [0.2, 0.25) is 0 Å². The number of nitrogens with zero attached hydrogens (tertiary/aromatic N) is 3. The second-order valence-corrected chi connectivity index (χ2v) is 10.1. The predicted octanol–water partition coefficient (Wildman–Crippen LogP) is 5.11. The molecule has 0 aliphatic rings. The van der Waals surface area contributed by atoms with E-state index in [9.17, 15) is 9.59 Å². The highest BCUT2D eigenvalue weighted by molar-refractivity contribution is 14.1. The van der Waals surface area contributed by atoms with Crippen LogP contribution in [0.25, 0.3) is 10.9 Å². The minimum Gasteiger partial charge on any atom is -0.493 e. The Bertz CT molecular complexity index is 1300. The molecule has 0 N–H and O–H groups in total. The lowest BCUT2D eigenvalue weighted by atomic mass is 10.2. The lowest BCUT2D eigenvalue weighted by Crippen LogP contribution is -2.23. The third-order valence-corrected chi connectivity index (χ3v) is 5.92. The minimum atomic E-state index is -0.463. The highest BCUT2D eigenvalue weighted by Gasteiger charge is 2.16. The number of methoxy groups -OCH3 is 1. The second-order valence-electron chi connectivity index (χ2n) is 8.01. The molecule has 0 saturated carbocycles. The summed E-state index contributed by atoms with van der Waals surface area (Å²) in [7, 11) is 1.51. The first-order valence-electron chi connectivity index (χ1n) is 10.6. The fourth-order valence-electron chi connectivity index (χ4n) is 3.16. The number of hydrogen-bond acceptors (Lipinski definition) is 7. The third kappa shape index (κ3) is 6.15. The summed E-state index contributed by atoms with van der Waals surface area (Å²) in [6.07, 6.45) is 1.35. The van der Waals surface area contributed by atoms with Crippen LogP contribution in [0.4, 0.5) is 0 Å². The second kappa shape index (κ2) is 11.3. The number of aromatic nitrogens is 2. The first kappa shape index (κ1) is 26.1. The summed E-state index contributed by atoms with van der Waals surface area (Å²) in [5, 5.41) is 4.93. The van der Waals surface area contributed by atoms with Gasteiger partial charge in [0.25, 0.3) is 5.56 Å². The van der Waals surface area contributed by atoms with E-state index >= 15 is 0 Å². The van der Waals surface area contributed by atoms with E-state index < -0.39 is 5.97 Å². The normalized spacial score (nSPS) is 11.6. The number of rotatable bonds is 8. The number of carbonyl (C=O) groups is 1. The van der Waals surface area contributed by atoms with Crippen molar-refractivity contribution in [3.8, 4) is 11.5 Å². The lowest BCUT2D eigenvalue weighted by Gasteiger charge is -2.14. The average Bonchev–Trinajstić information content (AvgIpc) is 2.76. The Morgan fingerprint density at radius 1 is 1.24 bits per heavy atom. The van der Waals surface area contributed by atoms with Gasteiger partial charge in [0, 0.05) is 10.4 Å². The maximum atomic E-state index is 13.2. The van der Waals surface area contributed by atoms with Crippen molar-refractivity contribution in [2.24, 2.45) is 5.10 Å². The van der Waals surface area contributed by atoms with E-state index in [4.69, 9.17) is 14.2 Å². The number of carbonyl (C=O) groups excluding carboxylic acids is 1. The van der Waals surface area contributed by atoms with Crippen LogP contribution in [0.5, 0.6) is 11.5 Å². The van der Waals surface area contributed by atoms with Crippen molar-refractivity contribution in [3.05, 3.63) is 60.1 Å². The van der Waals surface area contributed by atoms with Gasteiger partial charge in [0.05, 0.1) is 33.9 Å². The van der Waals surface area contributed by atoms with Crippen LogP contribution >= 0.6 is 38.5 Å². The molecular formula is C24H25BrIN3O5. The molecule has 8 nitrogen and oxygen atoms in total. The lowest BCUT2D eigenvalue weighted by molar-refractivity contribution is -0.149. The molecule has 0 spiro atoms. The van der Waals surface area contributed by atoms with Crippen molar-refractivity contribution in [2.45, 2.75) is 39.7 Å². The number of benzene rings is 2. The van der Waals surface area contributed by atoms with Gasteiger partial charge in [-0.2, -0.15) is 9.78 Å². The van der Waals surface area contributed by atoms with E-state index in [2.05, 4.69) is 48.6 Å². The van der Waals surface area contributed by atoms with Crippen LogP contribution in [-0.4, -0.2) is 41.7 Å². The molecule has 0 bridgehead atoms. The summed E-state index contributed by atoms with van der Waals surface area (Å²) in [6.45, 7) is 7.23. The Kier molecular flexibility index (Phi) is 8.69. The molecule has 0 aliphatic carbocycles. The molecule has 1 aromatic heterocycles. The summed E-state index contributed by atoms with van der Waals surface area (Å²) >= 11 is 5.50. The fourth-order valence-corrected chi connectivity index (χ4v) is 4.30. The van der Waals surface area contributed by atoms with Gasteiger partial charge < -0.3 is 14.2 Å². The molecule has 3 rings (SSSR count). The van der Waals surface area contributed by atoms with E-state index in [1.54, 1.807) is 32.2 Å². The van der Waals surface area contributed by atoms with E-state index in [1.807, 2.05) is 32.0 Å². The zero-order valence-electron chi connectivity index (χ0n) is 19.5. The maximum Gasteiger partial charge on any atom is 0.344 e. The molecule has 0 fully saturated rings. The van der Waals surface area contributed by atoms with E-state index in [-0.39, 0.29) is 24.2 Å². The topological polar surface area (TPSA) is 92.0 Å². The summed E-state index contributed by atoms with van der Waals surface area (Å²) < 4.78 is 19.0. The molecule has 3 aromatic rings. The first-order chi connectivity index (χ1) is 16.1. The monoisotopic (exact) mass is 641 g/mol. The summed E-state index contributed by atoms with van der Waals surface area (Å²) in [6, 6.07) is 8.94. The third-order valence-electron chi connectivity index (χ3n) is 4.63. The molecule has 2 aromatic carbocycles. The van der Waals surface area contributed by atoms with Crippen LogP contribution in [0, 0.1) is 3.57 Å². The molecule has 10 heteroatoms. The highest BCUT2D eigenvalue weighted by atomic mass is 127. The van der Waals surface area contributed by atoms with Gasteiger partial charge >= 0.3 is 5.97 Å². The van der Waals surface area contributed by atoms with Crippen LogP contribution in [0.3, 0.4) is 0 Å². The van der Waals surface area contributed by atoms with Crippen LogP contribution in [0.1, 0.15) is 45.0 Å². The Morgan fingerprint density at radius 2 is 1.97 bits per heavy atom. The number of ether oxygens (including phenoxy) is 3. The molecule has 0 atom stereocenters. The highest BCUT2D eigenvalue weighted by Crippen LogP contribution is 2.33. The SMILES string of the molecule is COc1cc(C=Nn2c(C(C)C)nc3ccc(Br)cc3c2=O)cc(I)c1OCC(=O)OC(C)C. The van der Waals surface area contributed by atoms with E-state index in [0.717, 1.165) is 4.47 Å². The Morgan fingerprint density at radius 3 is 2.62 bits per heavy atom. The van der Waals surface area contributed by atoms with Crippen molar-refractivity contribution < 1.29 is 19.0 Å². The molecule has 0 unspecified atom stereocenters. The number of fused-ring (bicyclic) bond motifs is 1. The van der Waals surface area contributed by atoms with Crippen molar-refractivity contribution >= 4 is 61.6 Å². The quantitative estimate of drug-likeness (QED) is 0.193. The smallest absolute Gasteiger partial charge is 0.344 e. The van der Waals surface area contributed by atoms with E-state index in [1.165, 1.54) is 11.8 Å². The molecular weight excluding hydrogens is 617 g/mol. The van der Waals surface area contributed by atoms with Crippen LogP contribution in [0.2, 0.25) is 0 Å². The van der Waals surface area contributed by atoms with Gasteiger partial charge in [-0.25, -0.2) is 9.78 Å². The van der Waals surface area contributed by atoms with Crippen molar-refractivity contribution in [1.82, 2.24) is 9.66 Å². The zero-order chi connectivity index (χ0) is 25.0. The Balaban J connectivity index is 1.97. The van der Waals surface area contributed by atoms with Crippen LogP contribution in [-0.2, 0) is 9.53 Å². The summed E-state index contributed by atoms with van der Waals surface area (Å²) in [5.74, 6) is 0.936. The molecule has 34 heavy (non-hydrogen) atoms. The number of esters is 1. The van der Waals surface area contributed by atoms with Gasteiger partial charge in [-0.05, 0) is 72.3 Å². The summed E-state index contributed by atoms with van der Waals surface area (Å²) in [5.41, 5.74) is 1.06. The zero-order valence-corrected chi connectivity index (χ0v) is 23.2. The minimum absolute atomic E-state index is 0.0195. The maximum absolute atomic E-state index is 13.2. The molecule has 0 aliphatic heterocycles. The largest absolute Gasteiger partial charge is 0.493 e. The Hall–Kier alpha value is -2.47. The molecule has 0 saturated heterocycles. The molecule has 1 heterocycles. The first-order valence-corrected chi connectivity index (χ1v) is 12.4. The average molecular weight is 642 g/mol. The van der Waals surface area contributed by atoms with Gasteiger partial charge in [0.15, 0.2) is 18.1 Å². The Labute approximate surface area is 219 Å². The number of hydrogen-bond donors (Lipinski definition) is 0. The predicted molar refractivity (Wildman–Crippen MR) is 143 cm³/mol.